The Morgan fingerprint density at radius 3 is 2.55 bits per heavy atom. The highest BCUT2D eigenvalue weighted by atomic mass is 16.5. The van der Waals surface area contributed by atoms with Gasteiger partial charge in [-0.25, -0.2) is 4.98 Å². The summed E-state index contributed by atoms with van der Waals surface area (Å²) < 4.78 is 5.87. The van der Waals surface area contributed by atoms with Gasteiger partial charge in [0.25, 0.3) is 0 Å². The van der Waals surface area contributed by atoms with Crippen LogP contribution in [0.25, 0.3) is 6.08 Å². The van der Waals surface area contributed by atoms with Gasteiger partial charge in [-0.05, 0) is 46.4 Å². The number of aromatic nitrogens is 1. The molecule has 0 saturated carbocycles. The van der Waals surface area contributed by atoms with Crippen LogP contribution in [-0.2, 0) is 4.74 Å². The number of nitrogens with zero attached hydrogens (tertiary/aromatic N) is 3. The topological polar surface area (TPSA) is 28.6 Å². The first-order valence-electron chi connectivity index (χ1n) is 7.86. The van der Waals surface area contributed by atoms with Crippen molar-refractivity contribution >= 4 is 11.9 Å². The molecule has 0 aliphatic carbocycles. The Morgan fingerprint density at radius 1 is 1.27 bits per heavy atom. The second-order valence-corrected chi connectivity index (χ2v) is 6.50. The maximum atomic E-state index is 5.87. The maximum Gasteiger partial charge on any atom is 0.182 e. The minimum absolute atomic E-state index is 0.200. The van der Waals surface area contributed by atoms with Crippen molar-refractivity contribution in [3.8, 4) is 0 Å². The molecule has 4 heteroatoms. The molecule has 0 amide bonds. The number of anilines is 1. The van der Waals surface area contributed by atoms with E-state index in [0.29, 0.717) is 0 Å². The third-order valence-corrected chi connectivity index (χ3v) is 3.52. The molecule has 1 aromatic rings. The molecular formula is C18H27N3O. The normalized spacial score (nSPS) is 16.2. The SMILES string of the molecule is C=C(OC(C)(C)C)N1CCN(c2ncccc2/C=C/C)CC1. The third kappa shape index (κ3) is 4.26. The van der Waals surface area contributed by atoms with E-state index in [1.807, 2.05) is 40.0 Å². The predicted octanol–water partition coefficient (Wildman–Crippen LogP) is 3.52. The molecule has 22 heavy (non-hydrogen) atoms. The average Bonchev–Trinajstić information content (AvgIpc) is 2.47. The first kappa shape index (κ1) is 16.4. The van der Waals surface area contributed by atoms with Crippen LogP contribution in [-0.4, -0.2) is 41.7 Å². The van der Waals surface area contributed by atoms with Gasteiger partial charge >= 0.3 is 0 Å². The number of allylic oxidation sites excluding steroid dienone is 1. The van der Waals surface area contributed by atoms with Crippen molar-refractivity contribution in [2.24, 2.45) is 0 Å². The summed E-state index contributed by atoms with van der Waals surface area (Å²) >= 11 is 0. The van der Waals surface area contributed by atoms with E-state index >= 15 is 0 Å². The first-order chi connectivity index (χ1) is 10.4. The number of piperazine rings is 1. The molecule has 1 aliphatic rings. The van der Waals surface area contributed by atoms with Crippen molar-refractivity contribution in [1.82, 2.24) is 9.88 Å². The van der Waals surface area contributed by atoms with Gasteiger partial charge in [0.2, 0.25) is 0 Å². The van der Waals surface area contributed by atoms with Gasteiger partial charge in [0, 0.05) is 37.9 Å². The molecule has 0 atom stereocenters. The Labute approximate surface area is 134 Å². The van der Waals surface area contributed by atoms with Crippen LogP contribution >= 0.6 is 0 Å². The number of pyridine rings is 1. The standard InChI is InChI=1S/C18H27N3O/c1-6-8-16-9-7-10-19-17(16)21-13-11-20(12-14-21)15(2)22-18(3,4)5/h6-10H,2,11-14H2,1,3-5H3/b8-6+. The van der Waals surface area contributed by atoms with Gasteiger partial charge in [-0.3, -0.25) is 0 Å². The summed E-state index contributed by atoms with van der Waals surface area (Å²) in [4.78, 5) is 9.09. The summed E-state index contributed by atoms with van der Waals surface area (Å²) in [6.07, 6.45) is 6.02. The van der Waals surface area contributed by atoms with Crippen molar-refractivity contribution in [3.63, 3.8) is 0 Å². The van der Waals surface area contributed by atoms with Gasteiger partial charge in [-0.15, -0.1) is 0 Å². The fourth-order valence-electron chi connectivity index (χ4n) is 2.57. The lowest BCUT2D eigenvalue weighted by molar-refractivity contribution is 0.00164. The van der Waals surface area contributed by atoms with E-state index in [2.05, 4.69) is 39.6 Å². The molecule has 0 spiro atoms. The number of hydrogen-bond acceptors (Lipinski definition) is 4. The van der Waals surface area contributed by atoms with Gasteiger partial charge in [-0.2, -0.15) is 0 Å². The minimum atomic E-state index is -0.200. The van der Waals surface area contributed by atoms with Crippen LogP contribution in [0.15, 0.2) is 36.9 Å². The molecule has 0 N–H and O–H groups in total. The summed E-state index contributed by atoms with van der Waals surface area (Å²) in [6.45, 7) is 15.9. The number of ether oxygens (including phenoxy) is 1. The van der Waals surface area contributed by atoms with Crippen molar-refractivity contribution < 1.29 is 4.74 Å². The molecule has 1 aromatic heterocycles. The molecule has 120 valence electrons. The molecule has 1 aliphatic heterocycles. The second-order valence-electron chi connectivity index (χ2n) is 6.50. The van der Waals surface area contributed by atoms with Crippen molar-refractivity contribution in [2.45, 2.75) is 33.3 Å². The number of rotatable bonds is 4. The molecule has 2 heterocycles. The zero-order chi connectivity index (χ0) is 16.2. The van der Waals surface area contributed by atoms with E-state index in [0.717, 1.165) is 37.9 Å². The predicted molar refractivity (Wildman–Crippen MR) is 92.7 cm³/mol. The quantitative estimate of drug-likeness (QED) is 0.796. The van der Waals surface area contributed by atoms with Crippen LogP contribution < -0.4 is 4.90 Å². The Bertz CT molecular complexity index is 538. The molecule has 1 fully saturated rings. The first-order valence-corrected chi connectivity index (χ1v) is 7.86. The Morgan fingerprint density at radius 2 is 1.95 bits per heavy atom. The zero-order valence-electron chi connectivity index (χ0n) is 14.2. The lowest BCUT2D eigenvalue weighted by atomic mass is 10.2. The van der Waals surface area contributed by atoms with Gasteiger partial charge < -0.3 is 14.5 Å². The summed E-state index contributed by atoms with van der Waals surface area (Å²) in [5, 5.41) is 0. The molecule has 0 bridgehead atoms. The summed E-state index contributed by atoms with van der Waals surface area (Å²) in [6, 6.07) is 4.09. The van der Waals surface area contributed by atoms with Crippen molar-refractivity contribution in [1.29, 1.82) is 0 Å². The molecular weight excluding hydrogens is 274 g/mol. The van der Waals surface area contributed by atoms with Crippen molar-refractivity contribution in [2.75, 3.05) is 31.1 Å². The third-order valence-electron chi connectivity index (χ3n) is 3.52. The van der Waals surface area contributed by atoms with Crippen LogP contribution in [0.2, 0.25) is 0 Å². The number of hydrogen-bond donors (Lipinski definition) is 0. The second kappa shape index (κ2) is 6.86. The van der Waals surface area contributed by atoms with Crippen LogP contribution in [0, 0.1) is 0 Å². The van der Waals surface area contributed by atoms with Gasteiger partial charge in [0.1, 0.15) is 11.4 Å². The summed E-state index contributed by atoms with van der Waals surface area (Å²) in [5.74, 6) is 1.82. The lowest BCUT2D eigenvalue weighted by Gasteiger charge is -2.39. The van der Waals surface area contributed by atoms with Gasteiger partial charge in [0.05, 0.1) is 0 Å². The van der Waals surface area contributed by atoms with E-state index < -0.39 is 0 Å². The Kier molecular flexibility index (Phi) is 5.11. The smallest absolute Gasteiger partial charge is 0.182 e. The van der Waals surface area contributed by atoms with Crippen molar-refractivity contribution in [3.05, 3.63) is 42.4 Å². The highest BCUT2D eigenvalue weighted by Gasteiger charge is 2.23. The lowest BCUT2D eigenvalue weighted by Crippen LogP contribution is -2.47. The van der Waals surface area contributed by atoms with E-state index in [9.17, 15) is 0 Å². The average molecular weight is 301 g/mol. The van der Waals surface area contributed by atoms with Crippen LogP contribution in [0.3, 0.4) is 0 Å². The highest BCUT2D eigenvalue weighted by molar-refractivity contribution is 5.63. The van der Waals surface area contributed by atoms with Crippen LogP contribution in [0.4, 0.5) is 5.82 Å². The fourth-order valence-corrected chi connectivity index (χ4v) is 2.57. The summed E-state index contributed by atoms with van der Waals surface area (Å²) in [7, 11) is 0. The van der Waals surface area contributed by atoms with E-state index in [1.165, 1.54) is 5.56 Å². The maximum absolute atomic E-state index is 5.87. The van der Waals surface area contributed by atoms with E-state index in [1.54, 1.807) is 0 Å². The molecule has 0 aromatic carbocycles. The molecule has 4 nitrogen and oxygen atoms in total. The largest absolute Gasteiger partial charge is 0.474 e. The highest BCUT2D eigenvalue weighted by Crippen LogP contribution is 2.22. The summed E-state index contributed by atoms with van der Waals surface area (Å²) in [5.41, 5.74) is 0.970. The molecule has 1 saturated heterocycles. The zero-order valence-corrected chi connectivity index (χ0v) is 14.2. The van der Waals surface area contributed by atoms with Gasteiger partial charge in [0.15, 0.2) is 5.88 Å². The fraction of sp³-hybridized carbons (Fsp3) is 0.500. The molecule has 0 unspecified atom stereocenters. The minimum Gasteiger partial charge on any atom is -0.474 e. The van der Waals surface area contributed by atoms with Crippen LogP contribution in [0.1, 0.15) is 33.3 Å². The van der Waals surface area contributed by atoms with E-state index in [-0.39, 0.29) is 5.60 Å². The Balaban J connectivity index is 1.99. The van der Waals surface area contributed by atoms with E-state index in [4.69, 9.17) is 4.74 Å². The monoisotopic (exact) mass is 301 g/mol. The Hall–Kier alpha value is -1.97. The van der Waals surface area contributed by atoms with Crippen LogP contribution in [0.5, 0.6) is 0 Å². The molecule has 2 rings (SSSR count). The van der Waals surface area contributed by atoms with Gasteiger partial charge in [-0.1, -0.05) is 12.2 Å². The molecule has 0 radical (unpaired) electrons.